The molecule has 0 bridgehead atoms. The highest BCUT2D eigenvalue weighted by Crippen LogP contribution is 2.25. The number of rotatable bonds is 5. The van der Waals surface area contributed by atoms with E-state index in [2.05, 4.69) is 42.1 Å². The van der Waals surface area contributed by atoms with Crippen molar-refractivity contribution in [3.8, 4) is 5.75 Å². The van der Waals surface area contributed by atoms with Crippen molar-refractivity contribution in [3.63, 3.8) is 0 Å². The van der Waals surface area contributed by atoms with Gasteiger partial charge in [0.05, 0.1) is 11.3 Å². The zero-order valence-electron chi connectivity index (χ0n) is 18.6. The Balaban J connectivity index is 1.39. The minimum absolute atomic E-state index is 0.0448. The lowest BCUT2D eigenvalue weighted by atomic mass is 10.1. The van der Waals surface area contributed by atoms with Gasteiger partial charge in [0.2, 0.25) is 0 Å². The maximum Gasteiger partial charge on any atom is 0.254 e. The van der Waals surface area contributed by atoms with E-state index in [4.69, 9.17) is 9.26 Å². The van der Waals surface area contributed by atoms with Crippen LogP contribution in [0.4, 0.5) is 5.69 Å². The van der Waals surface area contributed by atoms with Gasteiger partial charge >= 0.3 is 0 Å². The van der Waals surface area contributed by atoms with Crippen LogP contribution in [0.5, 0.6) is 5.75 Å². The summed E-state index contributed by atoms with van der Waals surface area (Å²) in [4.78, 5) is 17.4. The van der Waals surface area contributed by atoms with Crippen molar-refractivity contribution in [1.82, 2.24) is 10.1 Å². The Morgan fingerprint density at radius 2 is 1.77 bits per heavy atom. The van der Waals surface area contributed by atoms with Gasteiger partial charge in [0.1, 0.15) is 18.1 Å². The number of aryl methyl sites for hydroxylation is 3. The SMILES string of the molecule is Cc1cccc(N2CCN(C(=O)c3cccc(OCc4c(C)noc4C)c3)CC2)c1C. The highest BCUT2D eigenvalue weighted by molar-refractivity contribution is 5.94. The lowest BCUT2D eigenvalue weighted by Crippen LogP contribution is -2.49. The fourth-order valence-corrected chi connectivity index (χ4v) is 3.99. The Morgan fingerprint density at radius 1 is 1.03 bits per heavy atom. The van der Waals surface area contributed by atoms with Crippen molar-refractivity contribution in [3.05, 3.63) is 76.2 Å². The van der Waals surface area contributed by atoms with E-state index in [1.54, 1.807) is 0 Å². The number of amides is 1. The van der Waals surface area contributed by atoms with Crippen LogP contribution in [0.2, 0.25) is 0 Å². The minimum atomic E-state index is 0.0448. The molecule has 3 aromatic rings. The molecule has 6 nitrogen and oxygen atoms in total. The van der Waals surface area contributed by atoms with Gasteiger partial charge in [0.15, 0.2) is 0 Å². The summed E-state index contributed by atoms with van der Waals surface area (Å²) in [5, 5.41) is 3.95. The van der Waals surface area contributed by atoms with Crippen molar-refractivity contribution >= 4 is 11.6 Å². The fraction of sp³-hybridized carbons (Fsp3) is 0.360. The normalized spacial score (nSPS) is 14.1. The van der Waals surface area contributed by atoms with E-state index >= 15 is 0 Å². The summed E-state index contributed by atoms with van der Waals surface area (Å²) in [5.41, 5.74) is 6.29. The van der Waals surface area contributed by atoms with E-state index in [-0.39, 0.29) is 5.91 Å². The Bertz CT molecular complexity index is 1060. The number of piperazine rings is 1. The van der Waals surface area contributed by atoms with E-state index in [0.717, 1.165) is 30.1 Å². The summed E-state index contributed by atoms with van der Waals surface area (Å²) in [6.07, 6.45) is 0. The average molecular weight is 420 g/mol. The summed E-state index contributed by atoms with van der Waals surface area (Å²) >= 11 is 0. The van der Waals surface area contributed by atoms with Crippen LogP contribution >= 0.6 is 0 Å². The van der Waals surface area contributed by atoms with Gasteiger partial charge in [-0.3, -0.25) is 4.79 Å². The summed E-state index contributed by atoms with van der Waals surface area (Å²) in [6.45, 7) is 11.5. The zero-order valence-corrected chi connectivity index (χ0v) is 18.6. The number of carbonyl (C=O) groups excluding carboxylic acids is 1. The molecule has 1 amide bonds. The molecule has 0 N–H and O–H groups in total. The summed E-state index contributed by atoms with van der Waals surface area (Å²) in [6, 6.07) is 13.8. The highest BCUT2D eigenvalue weighted by Gasteiger charge is 2.23. The molecule has 0 aliphatic carbocycles. The van der Waals surface area contributed by atoms with Gasteiger partial charge in [0, 0.05) is 37.4 Å². The molecule has 0 unspecified atom stereocenters. The topological polar surface area (TPSA) is 58.8 Å². The van der Waals surface area contributed by atoms with E-state index in [1.165, 1.54) is 16.8 Å². The number of anilines is 1. The maximum atomic E-state index is 13.1. The van der Waals surface area contributed by atoms with Gasteiger partial charge in [-0.15, -0.1) is 0 Å². The van der Waals surface area contributed by atoms with E-state index in [1.807, 2.05) is 43.0 Å². The molecule has 162 valence electrons. The van der Waals surface area contributed by atoms with E-state index < -0.39 is 0 Å². The molecule has 6 heteroatoms. The number of benzene rings is 2. The first kappa shape index (κ1) is 21.0. The van der Waals surface area contributed by atoms with Gasteiger partial charge in [0.25, 0.3) is 5.91 Å². The standard InChI is InChI=1S/C25H29N3O3/c1-17-7-5-10-24(18(17)2)27-11-13-28(14-12-27)25(29)21-8-6-9-22(15-21)30-16-23-19(3)26-31-20(23)4/h5-10,15H,11-14,16H2,1-4H3. The van der Waals surface area contributed by atoms with Gasteiger partial charge in [-0.05, 0) is 63.1 Å². The van der Waals surface area contributed by atoms with Crippen molar-refractivity contribution < 1.29 is 14.1 Å². The van der Waals surface area contributed by atoms with Crippen molar-refractivity contribution in [1.29, 1.82) is 0 Å². The Hall–Kier alpha value is -3.28. The Labute approximate surface area is 183 Å². The van der Waals surface area contributed by atoms with Gasteiger partial charge in [-0.25, -0.2) is 0 Å². The Morgan fingerprint density at radius 3 is 2.48 bits per heavy atom. The molecule has 0 spiro atoms. The third-order valence-corrected chi connectivity index (χ3v) is 6.13. The average Bonchev–Trinajstić information content (AvgIpc) is 3.11. The predicted octanol–water partition coefficient (Wildman–Crippen LogP) is 4.45. The molecule has 1 saturated heterocycles. The molecule has 2 heterocycles. The van der Waals surface area contributed by atoms with Crippen LogP contribution in [0, 0.1) is 27.7 Å². The first-order valence-electron chi connectivity index (χ1n) is 10.7. The van der Waals surface area contributed by atoms with Crippen LogP contribution in [0.3, 0.4) is 0 Å². The molecule has 1 aromatic heterocycles. The molecule has 0 atom stereocenters. The van der Waals surface area contributed by atoms with Gasteiger partial charge < -0.3 is 19.1 Å². The smallest absolute Gasteiger partial charge is 0.254 e. The third-order valence-electron chi connectivity index (χ3n) is 6.13. The molecule has 2 aromatic carbocycles. The molecule has 0 saturated carbocycles. The first-order chi connectivity index (χ1) is 14.9. The lowest BCUT2D eigenvalue weighted by Gasteiger charge is -2.37. The van der Waals surface area contributed by atoms with Crippen molar-refractivity contribution in [2.75, 3.05) is 31.1 Å². The zero-order chi connectivity index (χ0) is 22.0. The second-order valence-corrected chi connectivity index (χ2v) is 8.12. The van der Waals surface area contributed by atoms with Gasteiger partial charge in [-0.2, -0.15) is 0 Å². The number of nitrogens with zero attached hydrogens (tertiary/aromatic N) is 3. The molecular formula is C25H29N3O3. The number of aromatic nitrogens is 1. The Kier molecular flexibility index (Phi) is 5.98. The first-order valence-corrected chi connectivity index (χ1v) is 10.7. The molecule has 1 fully saturated rings. The minimum Gasteiger partial charge on any atom is -0.489 e. The number of hydrogen-bond donors (Lipinski definition) is 0. The van der Waals surface area contributed by atoms with E-state index in [9.17, 15) is 4.79 Å². The van der Waals surface area contributed by atoms with Crippen LogP contribution < -0.4 is 9.64 Å². The summed E-state index contributed by atoms with van der Waals surface area (Å²) < 4.78 is 11.1. The molecule has 1 aliphatic rings. The van der Waals surface area contributed by atoms with Crippen molar-refractivity contribution in [2.24, 2.45) is 0 Å². The van der Waals surface area contributed by atoms with Gasteiger partial charge in [-0.1, -0.05) is 23.4 Å². The monoisotopic (exact) mass is 419 g/mol. The number of hydrogen-bond acceptors (Lipinski definition) is 5. The fourth-order valence-electron chi connectivity index (χ4n) is 3.99. The highest BCUT2D eigenvalue weighted by atomic mass is 16.5. The van der Waals surface area contributed by atoms with Crippen LogP contribution in [-0.4, -0.2) is 42.1 Å². The van der Waals surface area contributed by atoms with Crippen LogP contribution in [0.25, 0.3) is 0 Å². The maximum absolute atomic E-state index is 13.1. The molecule has 31 heavy (non-hydrogen) atoms. The number of carbonyl (C=O) groups is 1. The quantitative estimate of drug-likeness (QED) is 0.612. The molecule has 1 aliphatic heterocycles. The molecular weight excluding hydrogens is 390 g/mol. The van der Waals surface area contributed by atoms with Crippen LogP contribution in [0.1, 0.15) is 38.5 Å². The third kappa shape index (κ3) is 4.43. The summed E-state index contributed by atoms with van der Waals surface area (Å²) in [5.74, 6) is 1.47. The summed E-state index contributed by atoms with van der Waals surface area (Å²) in [7, 11) is 0. The van der Waals surface area contributed by atoms with E-state index in [0.29, 0.717) is 31.0 Å². The lowest BCUT2D eigenvalue weighted by molar-refractivity contribution is 0.0746. The molecule has 4 rings (SSSR count). The largest absolute Gasteiger partial charge is 0.489 e. The van der Waals surface area contributed by atoms with Crippen LogP contribution in [0.15, 0.2) is 47.0 Å². The number of ether oxygens (including phenoxy) is 1. The van der Waals surface area contributed by atoms with Crippen molar-refractivity contribution in [2.45, 2.75) is 34.3 Å². The second kappa shape index (κ2) is 8.84. The predicted molar refractivity (Wildman–Crippen MR) is 121 cm³/mol. The second-order valence-electron chi connectivity index (χ2n) is 8.12. The molecule has 0 radical (unpaired) electrons. The van der Waals surface area contributed by atoms with Crippen LogP contribution in [-0.2, 0) is 6.61 Å².